The number of nitrogens with one attached hydrogen (secondary N) is 1. The summed E-state index contributed by atoms with van der Waals surface area (Å²) in [6.07, 6.45) is -4.48. The minimum Gasteiger partial charge on any atom is -0.493 e. The van der Waals surface area contributed by atoms with Crippen LogP contribution in [-0.2, 0) is 6.18 Å². The maximum atomic E-state index is 13.1. The van der Waals surface area contributed by atoms with Crippen molar-refractivity contribution in [2.75, 3.05) is 19.7 Å². The Kier molecular flexibility index (Phi) is 4.45. The molecule has 7 heteroatoms. The molecule has 2 atom stereocenters. The summed E-state index contributed by atoms with van der Waals surface area (Å²) < 4.78 is 45.3. The lowest BCUT2D eigenvalue weighted by atomic mass is 10.0. The Hall–Kier alpha value is -2.02. The van der Waals surface area contributed by atoms with Crippen molar-refractivity contribution in [3.8, 4) is 16.9 Å². The Bertz CT molecular complexity index is 801. The average molecular weight is 379 g/mol. The Labute approximate surface area is 156 Å². The minimum absolute atomic E-state index is 0.0968. The first-order valence-electron chi connectivity index (χ1n) is 9.35. The van der Waals surface area contributed by atoms with Gasteiger partial charge in [0, 0.05) is 36.3 Å². The number of likely N-dealkylation sites (tertiary alicyclic amines) is 1. The number of ether oxygens (including phenoxy) is 1. The number of rotatable bonds is 5. The van der Waals surface area contributed by atoms with Gasteiger partial charge in [0.2, 0.25) is 0 Å². The molecule has 2 aromatic rings. The number of piperidine rings is 1. The number of aryl methyl sites for hydroxylation is 1. The molecule has 2 heterocycles. The monoisotopic (exact) mass is 379 g/mol. The predicted molar refractivity (Wildman–Crippen MR) is 96.4 cm³/mol. The van der Waals surface area contributed by atoms with E-state index in [9.17, 15) is 13.2 Å². The lowest BCUT2D eigenvalue weighted by Crippen LogP contribution is -2.31. The van der Waals surface area contributed by atoms with Crippen LogP contribution < -0.4 is 4.74 Å². The van der Waals surface area contributed by atoms with Crippen LogP contribution in [0.5, 0.6) is 5.75 Å². The third-order valence-electron chi connectivity index (χ3n) is 5.93. The molecular weight excluding hydrogens is 355 g/mol. The van der Waals surface area contributed by atoms with Crippen molar-refractivity contribution < 1.29 is 17.9 Å². The van der Waals surface area contributed by atoms with Gasteiger partial charge in [0.15, 0.2) is 5.69 Å². The fraction of sp³-hybridized carbons (Fsp3) is 0.550. The average Bonchev–Trinajstić information content (AvgIpc) is 2.96. The number of halogens is 3. The highest BCUT2D eigenvalue weighted by Gasteiger charge is 2.56. The zero-order valence-electron chi connectivity index (χ0n) is 15.7. The first kappa shape index (κ1) is 18.3. The maximum absolute atomic E-state index is 13.1. The van der Waals surface area contributed by atoms with Gasteiger partial charge >= 0.3 is 6.18 Å². The smallest absolute Gasteiger partial charge is 0.435 e. The molecule has 0 spiro atoms. The van der Waals surface area contributed by atoms with Crippen LogP contribution in [0.4, 0.5) is 13.2 Å². The van der Waals surface area contributed by atoms with E-state index in [1.165, 1.54) is 0 Å². The van der Waals surface area contributed by atoms with E-state index in [0.717, 1.165) is 24.9 Å². The van der Waals surface area contributed by atoms with Gasteiger partial charge in [-0.15, -0.1) is 0 Å². The van der Waals surface area contributed by atoms with Crippen LogP contribution in [0.3, 0.4) is 0 Å². The van der Waals surface area contributed by atoms with Gasteiger partial charge in [-0.1, -0.05) is 12.1 Å². The van der Waals surface area contributed by atoms with E-state index in [2.05, 4.69) is 28.9 Å². The third kappa shape index (κ3) is 3.45. The third-order valence-corrected chi connectivity index (χ3v) is 5.93. The molecule has 27 heavy (non-hydrogen) atoms. The van der Waals surface area contributed by atoms with E-state index < -0.39 is 11.9 Å². The number of alkyl halides is 3. The first-order valence-corrected chi connectivity index (χ1v) is 9.35. The van der Waals surface area contributed by atoms with E-state index in [1.807, 2.05) is 0 Å². The van der Waals surface area contributed by atoms with Crippen LogP contribution in [0.2, 0.25) is 0 Å². The highest BCUT2D eigenvalue weighted by Crippen LogP contribution is 2.52. The van der Waals surface area contributed by atoms with E-state index in [0.29, 0.717) is 35.6 Å². The summed E-state index contributed by atoms with van der Waals surface area (Å²) in [5.74, 6) is 2.76. The van der Waals surface area contributed by atoms with Gasteiger partial charge in [0.25, 0.3) is 0 Å². The van der Waals surface area contributed by atoms with Crippen molar-refractivity contribution in [2.45, 2.75) is 33.0 Å². The molecule has 1 aliphatic heterocycles. The van der Waals surface area contributed by atoms with Crippen LogP contribution in [0.25, 0.3) is 11.1 Å². The van der Waals surface area contributed by atoms with Gasteiger partial charge in [0.1, 0.15) is 5.75 Å². The molecule has 1 saturated carbocycles. The molecule has 1 aliphatic carbocycles. The standard InChI is InChI=1S/C20H24F3N3O/c1-11(2)26-8-15-16(9-26)17(15)10-27-14-6-4-13(5-7-14)18-12(3)24-25-19(18)20(21,22)23/h4-7,11,15-17H,8-10H2,1-3H3,(H,24,25). The number of nitrogens with zero attached hydrogens (tertiary/aromatic N) is 2. The summed E-state index contributed by atoms with van der Waals surface area (Å²) in [7, 11) is 0. The summed E-state index contributed by atoms with van der Waals surface area (Å²) in [6, 6.07) is 7.40. The second kappa shape index (κ2) is 6.55. The summed E-state index contributed by atoms with van der Waals surface area (Å²) in [5.41, 5.74) is 0.0991. The number of hydrogen-bond donors (Lipinski definition) is 1. The highest BCUT2D eigenvalue weighted by atomic mass is 19.4. The molecule has 4 rings (SSSR count). The van der Waals surface area contributed by atoms with Gasteiger partial charge in [-0.25, -0.2) is 0 Å². The van der Waals surface area contributed by atoms with Crippen molar-refractivity contribution in [1.29, 1.82) is 0 Å². The molecule has 1 aromatic carbocycles. The summed E-state index contributed by atoms with van der Waals surface area (Å²) >= 11 is 0. The van der Waals surface area contributed by atoms with Crippen molar-refractivity contribution in [1.82, 2.24) is 15.1 Å². The second-order valence-electron chi connectivity index (χ2n) is 7.94. The van der Waals surface area contributed by atoms with E-state index in [-0.39, 0.29) is 5.56 Å². The predicted octanol–water partition coefficient (Wildman–Crippen LogP) is 4.37. The quantitative estimate of drug-likeness (QED) is 0.839. The number of hydrogen-bond acceptors (Lipinski definition) is 3. The van der Waals surface area contributed by atoms with Gasteiger partial charge < -0.3 is 9.64 Å². The molecule has 0 bridgehead atoms. The normalized spacial score (nSPS) is 25.1. The number of fused-ring (bicyclic) bond motifs is 1. The molecule has 1 aromatic heterocycles. The van der Waals surface area contributed by atoms with Gasteiger partial charge in [-0.05, 0) is 50.3 Å². The highest BCUT2D eigenvalue weighted by molar-refractivity contribution is 5.69. The van der Waals surface area contributed by atoms with E-state index in [4.69, 9.17) is 4.74 Å². The second-order valence-corrected chi connectivity index (χ2v) is 7.94. The molecule has 1 saturated heterocycles. The van der Waals surface area contributed by atoms with Gasteiger partial charge in [-0.3, -0.25) is 5.10 Å². The summed E-state index contributed by atoms with van der Waals surface area (Å²) in [4.78, 5) is 2.51. The number of benzene rings is 1. The molecule has 1 N–H and O–H groups in total. The van der Waals surface area contributed by atoms with Gasteiger partial charge in [-0.2, -0.15) is 18.3 Å². The number of aromatic amines is 1. The largest absolute Gasteiger partial charge is 0.493 e. The van der Waals surface area contributed by atoms with Crippen molar-refractivity contribution >= 4 is 0 Å². The maximum Gasteiger partial charge on any atom is 0.435 e. The molecule has 2 fully saturated rings. The number of H-pyrrole nitrogens is 1. The molecule has 2 unspecified atom stereocenters. The van der Waals surface area contributed by atoms with Gasteiger partial charge in [0.05, 0.1) is 6.61 Å². The molecule has 4 nitrogen and oxygen atoms in total. The van der Waals surface area contributed by atoms with E-state index >= 15 is 0 Å². The summed E-state index contributed by atoms with van der Waals surface area (Å²) in [5, 5.41) is 5.85. The van der Waals surface area contributed by atoms with Crippen molar-refractivity contribution in [2.24, 2.45) is 17.8 Å². The first-order chi connectivity index (χ1) is 12.8. The Morgan fingerprint density at radius 3 is 2.37 bits per heavy atom. The molecule has 2 aliphatic rings. The Morgan fingerprint density at radius 1 is 1.19 bits per heavy atom. The van der Waals surface area contributed by atoms with Crippen molar-refractivity contribution in [3.63, 3.8) is 0 Å². The van der Waals surface area contributed by atoms with Crippen LogP contribution in [-0.4, -0.2) is 40.8 Å². The Morgan fingerprint density at radius 2 is 1.81 bits per heavy atom. The van der Waals surface area contributed by atoms with Crippen LogP contribution in [0, 0.1) is 24.7 Å². The van der Waals surface area contributed by atoms with Crippen LogP contribution in [0.15, 0.2) is 24.3 Å². The van der Waals surface area contributed by atoms with E-state index in [1.54, 1.807) is 31.2 Å². The lowest BCUT2D eigenvalue weighted by Gasteiger charge is -2.23. The molecule has 0 radical (unpaired) electrons. The molecule has 146 valence electrons. The minimum atomic E-state index is -4.48. The zero-order valence-corrected chi connectivity index (χ0v) is 15.7. The topological polar surface area (TPSA) is 41.1 Å². The SMILES string of the molecule is Cc1[nH]nc(C(F)(F)F)c1-c1ccc(OCC2C3CN(C(C)C)CC23)cc1. The number of aromatic nitrogens is 2. The lowest BCUT2D eigenvalue weighted by molar-refractivity contribution is -0.140. The zero-order chi connectivity index (χ0) is 19.3. The van der Waals surface area contributed by atoms with Crippen LogP contribution >= 0.6 is 0 Å². The molecule has 0 amide bonds. The fourth-order valence-electron chi connectivity index (χ4n) is 4.25. The van der Waals surface area contributed by atoms with Crippen molar-refractivity contribution in [3.05, 3.63) is 35.7 Å². The fourth-order valence-corrected chi connectivity index (χ4v) is 4.25. The molecular formula is C20H24F3N3O. The Balaban J connectivity index is 1.38. The summed E-state index contributed by atoms with van der Waals surface area (Å²) in [6.45, 7) is 9.02. The van der Waals surface area contributed by atoms with Crippen LogP contribution in [0.1, 0.15) is 25.2 Å².